The van der Waals surface area contributed by atoms with Gasteiger partial charge in [0, 0.05) is 0 Å². The molecule has 3 rings (SSSR count). The van der Waals surface area contributed by atoms with Crippen molar-refractivity contribution < 1.29 is 0 Å². The van der Waals surface area contributed by atoms with E-state index in [9.17, 15) is 0 Å². The molecule has 3 nitrogen and oxygen atoms in total. The number of fused-ring (bicyclic) bond motifs is 1. The van der Waals surface area contributed by atoms with Crippen LogP contribution in [0.5, 0.6) is 0 Å². The number of imidazole rings is 1. The number of H-pyrrole nitrogens is 1. The number of aromatic amines is 1. The first-order chi connectivity index (χ1) is 9.28. The molecule has 3 heteroatoms. The number of nitrogens with two attached hydrogens (primary N) is 1. The van der Waals surface area contributed by atoms with E-state index in [4.69, 9.17) is 5.73 Å². The van der Waals surface area contributed by atoms with Crippen LogP contribution in [0.2, 0.25) is 0 Å². The molecule has 94 valence electrons. The lowest BCUT2D eigenvalue weighted by atomic mass is 9.97. The molecule has 0 aliphatic heterocycles. The van der Waals surface area contributed by atoms with Gasteiger partial charge in [-0.15, -0.1) is 0 Å². The lowest BCUT2D eigenvalue weighted by molar-refractivity contribution is 1.35. The first-order valence-corrected chi connectivity index (χ1v) is 6.25. The zero-order valence-electron chi connectivity index (χ0n) is 10.7. The lowest BCUT2D eigenvalue weighted by Crippen LogP contribution is -1.87. The summed E-state index contributed by atoms with van der Waals surface area (Å²) in [5.41, 5.74) is 11.1. The summed E-state index contributed by atoms with van der Waals surface area (Å²) >= 11 is 0. The molecule has 0 atom stereocenters. The van der Waals surface area contributed by atoms with E-state index in [1.165, 1.54) is 11.1 Å². The van der Waals surface area contributed by atoms with Crippen molar-refractivity contribution in [1.29, 1.82) is 0 Å². The van der Waals surface area contributed by atoms with Crippen molar-refractivity contribution in [1.82, 2.24) is 9.97 Å². The molecule has 1 aromatic heterocycles. The fraction of sp³-hybridized carbons (Fsp3) is 0.0625. The van der Waals surface area contributed by atoms with Crippen LogP contribution in [0.1, 0.15) is 18.1 Å². The molecule has 0 unspecified atom stereocenters. The van der Waals surface area contributed by atoms with Crippen LogP contribution in [0.15, 0.2) is 54.6 Å². The second-order valence-corrected chi connectivity index (χ2v) is 4.42. The van der Waals surface area contributed by atoms with Gasteiger partial charge in [-0.2, -0.15) is 0 Å². The molecule has 3 aromatic rings. The Labute approximate surface area is 111 Å². The summed E-state index contributed by atoms with van der Waals surface area (Å²) in [6, 6.07) is 16.5. The highest BCUT2D eigenvalue weighted by Crippen LogP contribution is 2.25. The Morgan fingerprint density at radius 1 is 1.11 bits per heavy atom. The van der Waals surface area contributed by atoms with Crippen LogP contribution in [-0.4, -0.2) is 9.97 Å². The van der Waals surface area contributed by atoms with E-state index >= 15 is 0 Å². The highest BCUT2D eigenvalue weighted by atomic mass is 15.0. The van der Waals surface area contributed by atoms with Gasteiger partial charge in [-0.1, -0.05) is 42.5 Å². The second kappa shape index (κ2) is 4.61. The number of hydrogen-bond acceptors (Lipinski definition) is 2. The topological polar surface area (TPSA) is 54.7 Å². The van der Waals surface area contributed by atoms with Crippen LogP contribution < -0.4 is 5.73 Å². The summed E-state index contributed by atoms with van der Waals surface area (Å²) in [5, 5.41) is 0. The average Bonchev–Trinajstić information content (AvgIpc) is 2.80. The molecule has 0 saturated heterocycles. The average molecular weight is 249 g/mol. The molecule has 2 aromatic carbocycles. The fourth-order valence-electron chi connectivity index (χ4n) is 2.31. The maximum atomic E-state index is 5.68. The minimum Gasteiger partial charge on any atom is -0.369 e. The fourth-order valence-corrected chi connectivity index (χ4v) is 2.31. The number of rotatable bonds is 2. The molecule has 0 spiro atoms. The highest BCUT2D eigenvalue weighted by Gasteiger charge is 2.06. The molecule has 0 bridgehead atoms. The van der Waals surface area contributed by atoms with E-state index in [0.29, 0.717) is 5.95 Å². The SMILES string of the molecule is C/C=C(\c1ccccc1)c1ccc2nc(N)[nH]c2c1. The third kappa shape index (κ3) is 2.10. The Bertz CT molecular complexity index is 739. The molecule has 3 N–H and O–H groups in total. The van der Waals surface area contributed by atoms with Gasteiger partial charge in [0.2, 0.25) is 0 Å². The molecule has 1 heterocycles. The number of allylic oxidation sites excluding steroid dienone is 1. The molecule has 0 aliphatic rings. The molecule has 0 amide bonds. The minimum atomic E-state index is 0.453. The van der Waals surface area contributed by atoms with Crippen LogP contribution in [0, 0.1) is 0 Å². The maximum absolute atomic E-state index is 5.68. The van der Waals surface area contributed by atoms with Crippen molar-refractivity contribution >= 4 is 22.6 Å². The number of nitrogens with one attached hydrogen (secondary N) is 1. The molecule has 0 saturated carbocycles. The summed E-state index contributed by atoms with van der Waals surface area (Å²) < 4.78 is 0. The van der Waals surface area contributed by atoms with Crippen molar-refractivity contribution in [2.45, 2.75) is 6.92 Å². The Kier molecular flexibility index (Phi) is 2.80. The molecule has 0 aliphatic carbocycles. The number of hydrogen-bond donors (Lipinski definition) is 2. The van der Waals surface area contributed by atoms with Gasteiger partial charge in [-0.05, 0) is 35.8 Å². The summed E-state index contributed by atoms with van der Waals surface area (Å²) in [5.74, 6) is 0.453. The highest BCUT2D eigenvalue weighted by molar-refractivity contribution is 5.86. The summed E-state index contributed by atoms with van der Waals surface area (Å²) in [7, 11) is 0. The molecule has 19 heavy (non-hydrogen) atoms. The number of benzene rings is 2. The molecule has 0 radical (unpaired) electrons. The number of nitrogen functional groups attached to an aromatic ring is 1. The van der Waals surface area contributed by atoms with E-state index in [-0.39, 0.29) is 0 Å². The zero-order chi connectivity index (χ0) is 13.2. The van der Waals surface area contributed by atoms with Crippen molar-refractivity contribution in [3.05, 3.63) is 65.7 Å². The van der Waals surface area contributed by atoms with E-state index < -0.39 is 0 Å². The van der Waals surface area contributed by atoms with Crippen LogP contribution in [0.25, 0.3) is 16.6 Å². The molecule has 0 fully saturated rings. The van der Waals surface area contributed by atoms with E-state index in [1.807, 2.05) is 31.2 Å². The summed E-state index contributed by atoms with van der Waals surface area (Å²) in [4.78, 5) is 7.28. The van der Waals surface area contributed by atoms with Gasteiger partial charge in [-0.3, -0.25) is 0 Å². The molecular weight excluding hydrogens is 234 g/mol. The van der Waals surface area contributed by atoms with Gasteiger partial charge in [0.25, 0.3) is 0 Å². The van der Waals surface area contributed by atoms with Crippen LogP contribution in [-0.2, 0) is 0 Å². The van der Waals surface area contributed by atoms with E-state index in [0.717, 1.165) is 16.6 Å². The third-order valence-electron chi connectivity index (χ3n) is 3.18. The van der Waals surface area contributed by atoms with Gasteiger partial charge in [0.05, 0.1) is 11.0 Å². The van der Waals surface area contributed by atoms with Crippen molar-refractivity contribution in [2.75, 3.05) is 5.73 Å². The van der Waals surface area contributed by atoms with Crippen molar-refractivity contribution in [3.8, 4) is 0 Å². The largest absolute Gasteiger partial charge is 0.369 e. The monoisotopic (exact) mass is 249 g/mol. The molecular formula is C16H15N3. The van der Waals surface area contributed by atoms with Gasteiger partial charge in [-0.25, -0.2) is 4.98 Å². The maximum Gasteiger partial charge on any atom is 0.198 e. The van der Waals surface area contributed by atoms with Gasteiger partial charge in [0.15, 0.2) is 5.95 Å². The van der Waals surface area contributed by atoms with Crippen LogP contribution in [0.4, 0.5) is 5.95 Å². The lowest BCUT2D eigenvalue weighted by Gasteiger charge is -2.07. The predicted molar refractivity (Wildman–Crippen MR) is 79.7 cm³/mol. The minimum absolute atomic E-state index is 0.453. The van der Waals surface area contributed by atoms with E-state index in [1.54, 1.807) is 0 Å². The van der Waals surface area contributed by atoms with Crippen molar-refractivity contribution in [3.63, 3.8) is 0 Å². The Morgan fingerprint density at radius 3 is 2.63 bits per heavy atom. The number of aromatic nitrogens is 2. The van der Waals surface area contributed by atoms with E-state index in [2.05, 4.69) is 40.3 Å². The van der Waals surface area contributed by atoms with Gasteiger partial charge in [0.1, 0.15) is 0 Å². The Balaban J connectivity index is 2.12. The summed E-state index contributed by atoms with van der Waals surface area (Å²) in [6.45, 7) is 2.05. The quantitative estimate of drug-likeness (QED) is 0.729. The Hall–Kier alpha value is -2.55. The Morgan fingerprint density at radius 2 is 1.89 bits per heavy atom. The number of anilines is 1. The van der Waals surface area contributed by atoms with Crippen LogP contribution >= 0.6 is 0 Å². The first-order valence-electron chi connectivity index (χ1n) is 6.25. The van der Waals surface area contributed by atoms with Gasteiger partial charge < -0.3 is 10.7 Å². The predicted octanol–water partition coefficient (Wildman–Crippen LogP) is 3.60. The second-order valence-electron chi connectivity index (χ2n) is 4.42. The standard InChI is InChI=1S/C16H15N3/c1-2-13(11-6-4-3-5-7-11)12-8-9-14-15(10-12)19-16(17)18-14/h2-10H,1H3,(H3,17,18,19)/b13-2+. The summed E-state index contributed by atoms with van der Waals surface area (Å²) in [6.07, 6.45) is 2.12. The number of nitrogens with zero attached hydrogens (tertiary/aromatic N) is 1. The third-order valence-corrected chi connectivity index (χ3v) is 3.18. The zero-order valence-corrected chi connectivity index (χ0v) is 10.7. The smallest absolute Gasteiger partial charge is 0.198 e. The van der Waals surface area contributed by atoms with Gasteiger partial charge >= 0.3 is 0 Å². The van der Waals surface area contributed by atoms with Crippen LogP contribution in [0.3, 0.4) is 0 Å². The normalized spacial score (nSPS) is 11.9. The van der Waals surface area contributed by atoms with Crippen molar-refractivity contribution in [2.24, 2.45) is 0 Å². The first kappa shape index (κ1) is 11.5.